The maximum absolute atomic E-state index is 14.0. The van der Waals surface area contributed by atoms with Crippen LogP contribution in [0.1, 0.15) is 21.6 Å². The van der Waals surface area contributed by atoms with Crippen molar-refractivity contribution < 1.29 is 18.7 Å². The molecule has 18 heavy (non-hydrogen) atoms. The van der Waals surface area contributed by atoms with Gasteiger partial charge in [-0.2, -0.15) is 8.78 Å². The van der Waals surface area contributed by atoms with Crippen LogP contribution in [0.3, 0.4) is 0 Å². The number of halogens is 2. The van der Waals surface area contributed by atoms with Gasteiger partial charge >= 0.3 is 11.9 Å². The largest absolute Gasteiger partial charge is 0.478 e. The monoisotopic (exact) mass is 249 g/mol. The van der Waals surface area contributed by atoms with Gasteiger partial charge in [0.05, 0.1) is 5.56 Å². The van der Waals surface area contributed by atoms with Gasteiger partial charge in [0.25, 0.3) is 0 Å². The van der Waals surface area contributed by atoms with Crippen LogP contribution in [0.2, 0.25) is 0 Å². The Bertz CT molecular complexity index is 553. The molecular weight excluding hydrogens is 240 g/mol. The standard InChI is InChI=1S/C13H9F2NO2/c14-13(15,11-3-1-2-8-16-11)10-6-4-9(5-7-10)12(17)18/h1-8H,(H,17,18). The smallest absolute Gasteiger partial charge is 0.335 e. The van der Waals surface area contributed by atoms with E-state index in [1.54, 1.807) is 6.07 Å². The van der Waals surface area contributed by atoms with E-state index in [0.29, 0.717) is 0 Å². The van der Waals surface area contributed by atoms with E-state index in [-0.39, 0.29) is 16.8 Å². The van der Waals surface area contributed by atoms with E-state index in [0.717, 1.165) is 24.3 Å². The number of pyridine rings is 1. The molecule has 0 unspecified atom stereocenters. The van der Waals surface area contributed by atoms with Gasteiger partial charge in [0.15, 0.2) is 0 Å². The Morgan fingerprint density at radius 1 is 1.11 bits per heavy atom. The number of hydrogen-bond donors (Lipinski definition) is 1. The van der Waals surface area contributed by atoms with Gasteiger partial charge in [-0.3, -0.25) is 4.98 Å². The first-order valence-electron chi connectivity index (χ1n) is 5.15. The molecule has 0 atom stereocenters. The summed E-state index contributed by atoms with van der Waals surface area (Å²) in [5.41, 5.74) is -0.685. The number of rotatable bonds is 3. The lowest BCUT2D eigenvalue weighted by molar-refractivity contribution is 0.0379. The minimum absolute atomic E-state index is 0.0319. The van der Waals surface area contributed by atoms with Crippen molar-refractivity contribution in [2.75, 3.05) is 0 Å². The van der Waals surface area contributed by atoms with Crippen molar-refractivity contribution in [3.05, 3.63) is 65.5 Å². The number of benzene rings is 1. The lowest BCUT2D eigenvalue weighted by Crippen LogP contribution is -2.17. The summed E-state index contributed by atoms with van der Waals surface area (Å²) >= 11 is 0. The molecule has 0 fully saturated rings. The summed E-state index contributed by atoms with van der Waals surface area (Å²) in [5, 5.41) is 8.70. The molecule has 0 radical (unpaired) electrons. The molecule has 0 aliphatic carbocycles. The Labute approximate surface area is 102 Å². The van der Waals surface area contributed by atoms with Crippen LogP contribution in [0.15, 0.2) is 48.7 Å². The summed E-state index contributed by atoms with van der Waals surface area (Å²) in [5.74, 6) is -4.39. The molecule has 0 bridgehead atoms. The molecule has 1 heterocycles. The molecule has 5 heteroatoms. The molecule has 2 aromatic rings. The first-order valence-corrected chi connectivity index (χ1v) is 5.15. The second kappa shape index (κ2) is 4.52. The topological polar surface area (TPSA) is 50.2 Å². The van der Waals surface area contributed by atoms with Crippen LogP contribution in [-0.2, 0) is 5.92 Å². The van der Waals surface area contributed by atoms with Gasteiger partial charge in [-0.25, -0.2) is 4.79 Å². The van der Waals surface area contributed by atoms with Gasteiger partial charge in [0, 0.05) is 11.8 Å². The fourth-order valence-electron chi connectivity index (χ4n) is 1.52. The number of aromatic nitrogens is 1. The molecule has 92 valence electrons. The molecule has 1 aromatic carbocycles. The van der Waals surface area contributed by atoms with Crippen LogP contribution in [-0.4, -0.2) is 16.1 Å². The van der Waals surface area contributed by atoms with Gasteiger partial charge in [0.1, 0.15) is 5.69 Å². The molecule has 0 saturated heterocycles. The molecule has 1 N–H and O–H groups in total. The zero-order valence-electron chi connectivity index (χ0n) is 9.18. The van der Waals surface area contributed by atoms with Crippen molar-refractivity contribution >= 4 is 5.97 Å². The Morgan fingerprint density at radius 3 is 2.28 bits per heavy atom. The SMILES string of the molecule is O=C(O)c1ccc(C(F)(F)c2ccccn2)cc1. The lowest BCUT2D eigenvalue weighted by Gasteiger charge is -2.15. The maximum atomic E-state index is 14.0. The van der Waals surface area contributed by atoms with E-state index >= 15 is 0 Å². The predicted molar refractivity (Wildman–Crippen MR) is 60.6 cm³/mol. The van der Waals surface area contributed by atoms with Gasteiger partial charge in [-0.1, -0.05) is 18.2 Å². The molecule has 1 aromatic heterocycles. The number of hydrogen-bond acceptors (Lipinski definition) is 2. The highest BCUT2D eigenvalue weighted by atomic mass is 19.3. The van der Waals surface area contributed by atoms with Crippen LogP contribution >= 0.6 is 0 Å². The number of aromatic carboxylic acids is 1. The van der Waals surface area contributed by atoms with Gasteiger partial charge in [-0.05, 0) is 24.3 Å². The third kappa shape index (κ3) is 2.20. The summed E-state index contributed by atoms with van der Waals surface area (Å²) in [6.07, 6.45) is 1.29. The Morgan fingerprint density at radius 2 is 1.78 bits per heavy atom. The molecule has 3 nitrogen and oxygen atoms in total. The fraction of sp³-hybridized carbons (Fsp3) is 0.0769. The average molecular weight is 249 g/mol. The second-order valence-electron chi connectivity index (χ2n) is 3.67. The second-order valence-corrected chi connectivity index (χ2v) is 3.67. The minimum atomic E-state index is -3.24. The summed E-state index contributed by atoms with van der Waals surface area (Å²) in [4.78, 5) is 14.3. The zero-order chi connectivity index (χ0) is 13.2. The van der Waals surface area contributed by atoms with E-state index < -0.39 is 11.9 Å². The first-order chi connectivity index (χ1) is 8.51. The van der Waals surface area contributed by atoms with E-state index in [9.17, 15) is 13.6 Å². The van der Waals surface area contributed by atoms with Crippen LogP contribution in [0.5, 0.6) is 0 Å². The number of carboxylic acid groups (broad SMARTS) is 1. The zero-order valence-corrected chi connectivity index (χ0v) is 9.18. The van der Waals surface area contributed by atoms with Crippen LogP contribution in [0.25, 0.3) is 0 Å². The summed E-state index contributed by atoms with van der Waals surface area (Å²) in [6, 6.07) is 8.74. The Kier molecular flexibility index (Phi) is 3.06. The predicted octanol–water partition coefficient (Wildman–Crippen LogP) is 2.92. The van der Waals surface area contributed by atoms with E-state index in [1.807, 2.05) is 0 Å². The summed E-state index contributed by atoms with van der Waals surface area (Å²) < 4.78 is 28.0. The van der Waals surface area contributed by atoms with Crippen molar-refractivity contribution in [3.63, 3.8) is 0 Å². The van der Waals surface area contributed by atoms with Crippen LogP contribution in [0, 0.1) is 0 Å². The van der Waals surface area contributed by atoms with Crippen molar-refractivity contribution in [3.8, 4) is 0 Å². The summed E-state index contributed by atoms with van der Waals surface area (Å²) in [6.45, 7) is 0. The van der Waals surface area contributed by atoms with Crippen molar-refractivity contribution in [1.82, 2.24) is 4.98 Å². The highest BCUT2D eigenvalue weighted by Crippen LogP contribution is 2.34. The molecule has 0 saturated carbocycles. The summed E-state index contributed by atoms with van der Waals surface area (Å²) in [7, 11) is 0. The van der Waals surface area contributed by atoms with Crippen molar-refractivity contribution in [1.29, 1.82) is 0 Å². The fourth-order valence-corrected chi connectivity index (χ4v) is 1.52. The molecule has 0 spiro atoms. The molecule has 2 rings (SSSR count). The van der Waals surface area contributed by atoms with Gasteiger partial charge < -0.3 is 5.11 Å². The third-order valence-electron chi connectivity index (χ3n) is 2.48. The molecule has 0 aliphatic rings. The quantitative estimate of drug-likeness (QED) is 0.909. The van der Waals surface area contributed by atoms with E-state index in [1.165, 1.54) is 18.3 Å². The average Bonchev–Trinajstić information content (AvgIpc) is 2.40. The van der Waals surface area contributed by atoms with Crippen molar-refractivity contribution in [2.24, 2.45) is 0 Å². The Hall–Kier alpha value is -2.30. The minimum Gasteiger partial charge on any atom is -0.478 e. The number of carbonyl (C=O) groups is 1. The molecule has 0 amide bonds. The number of carboxylic acids is 1. The first kappa shape index (κ1) is 12.2. The Balaban J connectivity index is 2.39. The van der Waals surface area contributed by atoms with E-state index in [2.05, 4.69) is 4.98 Å². The molecule has 0 aliphatic heterocycles. The van der Waals surface area contributed by atoms with E-state index in [4.69, 9.17) is 5.11 Å². The highest BCUT2D eigenvalue weighted by molar-refractivity contribution is 5.87. The number of nitrogens with zero attached hydrogens (tertiary/aromatic N) is 1. The van der Waals surface area contributed by atoms with Gasteiger partial charge in [0.2, 0.25) is 0 Å². The lowest BCUT2D eigenvalue weighted by atomic mass is 10.0. The normalized spacial score (nSPS) is 11.2. The van der Waals surface area contributed by atoms with Crippen LogP contribution in [0.4, 0.5) is 8.78 Å². The number of alkyl halides is 2. The molecular formula is C13H9F2NO2. The maximum Gasteiger partial charge on any atom is 0.335 e. The van der Waals surface area contributed by atoms with Crippen LogP contribution < -0.4 is 0 Å². The third-order valence-corrected chi connectivity index (χ3v) is 2.48. The van der Waals surface area contributed by atoms with Gasteiger partial charge in [-0.15, -0.1) is 0 Å². The van der Waals surface area contributed by atoms with Crippen molar-refractivity contribution in [2.45, 2.75) is 5.92 Å². The highest BCUT2D eigenvalue weighted by Gasteiger charge is 2.35.